The molecular weight excluding hydrogens is 352 g/mol. The first-order chi connectivity index (χ1) is 12.8. The molecular formula is C19H26N2O6. The monoisotopic (exact) mass is 378 g/mol. The van der Waals surface area contributed by atoms with Crippen LogP contribution < -0.4 is 10.6 Å². The van der Waals surface area contributed by atoms with Gasteiger partial charge in [0.05, 0.1) is 0 Å². The average Bonchev–Trinajstić information content (AvgIpc) is 3.40. The molecule has 4 N–H and O–H groups in total. The second-order valence-electron chi connectivity index (χ2n) is 7.06. The van der Waals surface area contributed by atoms with Crippen LogP contribution in [0.2, 0.25) is 0 Å². The summed E-state index contributed by atoms with van der Waals surface area (Å²) in [6.07, 6.45) is -0.531. The summed E-state index contributed by atoms with van der Waals surface area (Å²) in [7, 11) is 0. The number of carboxylic acids is 1. The number of phenolic OH excluding ortho intramolecular Hbond substituents is 1. The van der Waals surface area contributed by atoms with Crippen molar-refractivity contribution in [2.24, 2.45) is 5.92 Å². The van der Waals surface area contributed by atoms with Gasteiger partial charge in [-0.15, -0.1) is 0 Å². The van der Waals surface area contributed by atoms with E-state index in [1.165, 1.54) is 0 Å². The van der Waals surface area contributed by atoms with E-state index in [0.29, 0.717) is 25.3 Å². The average molecular weight is 378 g/mol. The van der Waals surface area contributed by atoms with Crippen molar-refractivity contribution in [3.8, 4) is 5.75 Å². The molecule has 1 aromatic carbocycles. The van der Waals surface area contributed by atoms with Crippen molar-refractivity contribution in [1.82, 2.24) is 10.6 Å². The number of nitrogens with one attached hydrogen (secondary N) is 2. The molecule has 27 heavy (non-hydrogen) atoms. The fourth-order valence-electron chi connectivity index (χ4n) is 2.60. The van der Waals surface area contributed by atoms with E-state index >= 15 is 0 Å². The van der Waals surface area contributed by atoms with Crippen LogP contribution in [0.25, 0.3) is 0 Å². The van der Waals surface area contributed by atoms with Crippen LogP contribution in [-0.2, 0) is 25.5 Å². The molecule has 1 saturated heterocycles. The standard InChI is InChI=1S/C19H26N2O6/c1-11(2)9-10-20-17(23)14(8-5-12-3-6-13(22)7-4-12)21-18(24)15-16(27-15)19(25)26/h3-4,6-7,11,14-16,22H,5,8-10H2,1-2H3,(H,20,23)(H,21,24)(H,25,26)/t14-,15-,16-/m1/s1. The topological polar surface area (TPSA) is 128 Å². The quantitative estimate of drug-likeness (QED) is 0.446. The number of hydrogen-bond donors (Lipinski definition) is 4. The molecule has 2 rings (SSSR count). The summed E-state index contributed by atoms with van der Waals surface area (Å²) >= 11 is 0. The first-order valence-corrected chi connectivity index (χ1v) is 9.02. The number of carbonyl (C=O) groups is 3. The lowest BCUT2D eigenvalue weighted by Gasteiger charge is -2.18. The van der Waals surface area contributed by atoms with Gasteiger partial charge >= 0.3 is 5.97 Å². The highest BCUT2D eigenvalue weighted by molar-refractivity contribution is 5.95. The Hall–Kier alpha value is -2.61. The van der Waals surface area contributed by atoms with E-state index in [-0.39, 0.29) is 11.7 Å². The zero-order valence-corrected chi connectivity index (χ0v) is 15.5. The third-order valence-electron chi connectivity index (χ3n) is 4.31. The smallest absolute Gasteiger partial charge is 0.336 e. The number of amides is 2. The molecule has 2 amide bonds. The van der Waals surface area contributed by atoms with Crippen LogP contribution in [0.15, 0.2) is 24.3 Å². The summed E-state index contributed by atoms with van der Waals surface area (Å²) in [6.45, 7) is 4.60. The van der Waals surface area contributed by atoms with E-state index in [2.05, 4.69) is 10.6 Å². The first kappa shape index (κ1) is 20.7. The normalized spacial score (nSPS) is 19.4. The molecule has 1 aliphatic heterocycles. The molecule has 0 saturated carbocycles. The van der Waals surface area contributed by atoms with Crippen molar-refractivity contribution in [3.05, 3.63) is 29.8 Å². The van der Waals surface area contributed by atoms with Crippen molar-refractivity contribution in [2.45, 2.75) is 51.4 Å². The second kappa shape index (κ2) is 9.36. The van der Waals surface area contributed by atoms with E-state index < -0.39 is 30.1 Å². The molecule has 0 unspecified atom stereocenters. The predicted molar refractivity (Wildman–Crippen MR) is 97.1 cm³/mol. The van der Waals surface area contributed by atoms with Gasteiger partial charge in [-0.1, -0.05) is 26.0 Å². The number of benzene rings is 1. The fourth-order valence-corrected chi connectivity index (χ4v) is 2.60. The van der Waals surface area contributed by atoms with Gasteiger partial charge in [0.15, 0.2) is 12.2 Å². The number of carboxylic acid groups (broad SMARTS) is 1. The van der Waals surface area contributed by atoms with Crippen LogP contribution >= 0.6 is 0 Å². The predicted octanol–water partition coefficient (Wildman–Crippen LogP) is 0.824. The van der Waals surface area contributed by atoms with E-state index in [0.717, 1.165) is 12.0 Å². The van der Waals surface area contributed by atoms with Crippen molar-refractivity contribution in [1.29, 1.82) is 0 Å². The summed E-state index contributed by atoms with van der Waals surface area (Å²) in [4.78, 5) is 35.5. The van der Waals surface area contributed by atoms with Crippen molar-refractivity contribution < 1.29 is 29.3 Å². The van der Waals surface area contributed by atoms with E-state index in [1.807, 2.05) is 13.8 Å². The Morgan fingerprint density at radius 2 is 1.78 bits per heavy atom. The van der Waals surface area contributed by atoms with Crippen molar-refractivity contribution in [2.75, 3.05) is 6.54 Å². The van der Waals surface area contributed by atoms with Gasteiger partial charge < -0.3 is 25.6 Å². The molecule has 148 valence electrons. The summed E-state index contributed by atoms with van der Waals surface area (Å²) in [5.41, 5.74) is 0.910. The molecule has 1 aromatic rings. The minimum absolute atomic E-state index is 0.153. The largest absolute Gasteiger partial charge is 0.508 e. The van der Waals surface area contributed by atoms with Gasteiger partial charge in [0.2, 0.25) is 5.91 Å². The first-order valence-electron chi connectivity index (χ1n) is 9.02. The minimum atomic E-state index is -1.20. The Morgan fingerprint density at radius 3 is 2.33 bits per heavy atom. The van der Waals surface area contributed by atoms with E-state index in [9.17, 15) is 19.5 Å². The number of aryl methyl sites for hydroxylation is 1. The van der Waals surface area contributed by atoms with Gasteiger partial charge in [-0.3, -0.25) is 9.59 Å². The molecule has 1 fully saturated rings. The van der Waals surface area contributed by atoms with Crippen LogP contribution in [0.1, 0.15) is 32.3 Å². The number of phenols is 1. The maximum absolute atomic E-state index is 12.5. The third kappa shape index (κ3) is 6.56. The molecule has 1 aliphatic rings. The lowest BCUT2D eigenvalue weighted by Crippen LogP contribution is -2.49. The highest BCUT2D eigenvalue weighted by Crippen LogP contribution is 2.22. The number of aromatic hydroxyl groups is 1. The van der Waals surface area contributed by atoms with Crippen LogP contribution in [0, 0.1) is 5.92 Å². The molecule has 0 spiro atoms. The van der Waals surface area contributed by atoms with E-state index in [4.69, 9.17) is 9.84 Å². The number of ether oxygens (including phenoxy) is 1. The lowest BCUT2D eigenvalue weighted by atomic mass is 10.0. The van der Waals surface area contributed by atoms with E-state index in [1.54, 1.807) is 24.3 Å². The summed E-state index contributed by atoms with van der Waals surface area (Å²) in [5.74, 6) is -1.52. The van der Waals surface area contributed by atoms with Gasteiger partial charge in [0, 0.05) is 6.54 Å². The molecule has 8 heteroatoms. The maximum atomic E-state index is 12.5. The Bertz CT molecular complexity index is 673. The Morgan fingerprint density at radius 1 is 1.11 bits per heavy atom. The summed E-state index contributed by atoms with van der Waals surface area (Å²) in [6, 6.07) is 5.81. The van der Waals surface area contributed by atoms with Gasteiger partial charge in [0.25, 0.3) is 5.91 Å². The summed E-state index contributed by atoms with van der Waals surface area (Å²) < 4.78 is 4.84. The molecule has 3 atom stereocenters. The fraction of sp³-hybridized carbons (Fsp3) is 0.526. The third-order valence-corrected chi connectivity index (χ3v) is 4.31. The van der Waals surface area contributed by atoms with Crippen molar-refractivity contribution >= 4 is 17.8 Å². The molecule has 0 aliphatic carbocycles. The maximum Gasteiger partial charge on any atom is 0.336 e. The summed E-state index contributed by atoms with van der Waals surface area (Å²) in [5, 5.41) is 23.6. The van der Waals surface area contributed by atoms with Gasteiger partial charge in [0.1, 0.15) is 11.8 Å². The molecule has 0 bridgehead atoms. The van der Waals surface area contributed by atoms with Gasteiger partial charge in [-0.25, -0.2) is 4.79 Å². The number of rotatable bonds is 10. The second-order valence-corrected chi connectivity index (χ2v) is 7.06. The van der Waals surface area contributed by atoms with Gasteiger partial charge in [-0.2, -0.15) is 0 Å². The lowest BCUT2D eigenvalue weighted by molar-refractivity contribution is -0.138. The number of aliphatic carboxylic acids is 1. The number of epoxide rings is 1. The SMILES string of the molecule is CC(C)CCNC(=O)[C@@H](CCc1ccc(O)cc1)NC(=O)[C@@H]1O[C@H]1C(=O)O. The molecule has 0 radical (unpaired) electrons. The zero-order chi connectivity index (χ0) is 20.0. The van der Waals surface area contributed by atoms with Crippen LogP contribution in [0.3, 0.4) is 0 Å². The highest BCUT2D eigenvalue weighted by atomic mass is 16.6. The van der Waals surface area contributed by atoms with Crippen molar-refractivity contribution in [3.63, 3.8) is 0 Å². The Kier molecular flexibility index (Phi) is 7.18. The van der Waals surface area contributed by atoms with Gasteiger partial charge in [-0.05, 0) is 42.9 Å². The Balaban J connectivity index is 1.94. The van der Waals surface area contributed by atoms with Crippen LogP contribution in [0.5, 0.6) is 5.75 Å². The van der Waals surface area contributed by atoms with Crippen LogP contribution in [0.4, 0.5) is 0 Å². The zero-order valence-electron chi connectivity index (χ0n) is 15.5. The van der Waals surface area contributed by atoms with Crippen LogP contribution in [-0.4, -0.2) is 52.8 Å². The molecule has 1 heterocycles. The molecule has 8 nitrogen and oxygen atoms in total. The Labute approximate surface area is 157 Å². The minimum Gasteiger partial charge on any atom is -0.508 e. The number of carbonyl (C=O) groups excluding carboxylic acids is 2. The highest BCUT2D eigenvalue weighted by Gasteiger charge is 2.51. The number of hydrogen-bond acceptors (Lipinski definition) is 5. The molecule has 0 aromatic heterocycles.